The van der Waals surface area contributed by atoms with Gasteiger partial charge in [-0.05, 0) is 93.2 Å². The van der Waals surface area contributed by atoms with Crippen LogP contribution in [0.25, 0.3) is 0 Å². The zero-order valence-corrected chi connectivity index (χ0v) is 14.7. The molecule has 1 atom stereocenters. The van der Waals surface area contributed by atoms with E-state index in [0.29, 0.717) is 11.5 Å². The van der Waals surface area contributed by atoms with Crippen molar-refractivity contribution >= 4 is 0 Å². The molecule has 0 saturated heterocycles. The predicted octanol–water partition coefficient (Wildman–Crippen LogP) is 7.07. The topological polar surface area (TPSA) is 0 Å². The van der Waals surface area contributed by atoms with Crippen molar-refractivity contribution in [2.45, 2.75) is 63.7 Å². The number of benzene rings is 1. The van der Waals surface area contributed by atoms with E-state index in [0.717, 1.165) is 44.4 Å². The summed E-state index contributed by atoms with van der Waals surface area (Å²) < 4.78 is 40.1. The second-order valence-electron chi connectivity index (χ2n) is 7.63. The molecule has 0 N–H and O–H groups in total. The Labute approximate surface area is 148 Å². The van der Waals surface area contributed by atoms with E-state index in [4.69, 9.17) is 0 Å². The minimum Gasteiger partial charge on any atom is -0.204 e. The fourth-order valence-electron chi connectivity index (χ4n) is 4.59. The summed E-state index contributed by atoms with van der Waals surface area (Å²) in [7, 11) is 0. The molecule has 3 heteroatoms. The van der Waals surface area contributed by atoms with Crippen molar-refractivity contribution in [3.8, 4) is 0 Å². The molecule has 1 aromatic rings. The van der Waals surface area contributed by atoms with Crippen LogP contribution < -0.4 is 0 Å². The van der Waals surface area contributed by atoms with Crippen LogP contribution in [0.1, 0.15) is 69.3 Å². The van der Waals surface area contributed by atoms with E-state index in [1.165, 1.54) is 31.4 Å². The van der Waals surface area contributed by atoms with E-state index in [1.807, 2.05) is 6.08 Å². The first-order valence-corrected chi connectivity index (χ1v) is 9.51. The van der Waals surface area contributed by atoms with Crippen LogP contribution in [0.15, 0.2) is 36.4 Å². The molecule has 0 bridgehead atoms. The zero-order chi connectivity index (χ0) is 17.8. The van der Waals surface area contributed by atoms with Crippen molar-refractivity contribution < 1.29 is 13.2 Å². The molecule has 0 radical (unpaired) electrons. The summed E-state index contributed by atoms with van der Waals surface area (Å²) in [5.74, 6) is -1.89. The van der Waals surface area contributed by atoms with E-state index in [1.54, 1.807) is 5.57 Å². The van der Waals surface area contributed by atoms with Gasteiger partial charge in [0.05, 0.1) is 0 Å². The van der Waals surface area contributed by atoms with Gasteiger partial charge in [0.1, 0.15) is 0 Å². The van der Waals surface area contributed by atoms with E-state index >= 15 is 0 Å². The Morgan fingerprint density at radius 2 is 1.64 bits per heavy atom. The molecular formula is C22H27F3. The van der Waals surface area contributed by atoms with E-state index < -0.39 is 17.5 Å². The first-order chi connectivity index (χ1) is 12.1. The molecule has 1 aromatic carbocycles. The van der Waals surface area contributed by atoms with Crippen molar-refractivity contribution in [2.24, 2.45) is 11.8 Å². The second-order valence-corrected chi connectivity index (χ2v) is 7.63. The normalized spacial score (nSPS) is 27.0. The fraction of sp³-hybridized carbons (Fsp3) is 0.545. The summed E-state index contributed by atoms with van der Waals surface area (Å²) in [6, 6.07) is 2.36. The lowest BCUT2D eigenvalue weighted by molar-refractivity contribution is 0.216. The molecule has 0 spiro atoms. The number of hydrogen-bond acceptors (Lipinski definition) is 0. The van der Waals surface area contributed by atoms with Crippen LogP contribution in [0.2, 0.25) is 0 Å². The molecule has 136 valence electrons. The standard InChI is InChI=1S/C22H27F3/c1-2-3-4-15-5-7-16(8-6-15)17-9-11-18(12-10-17)19-13-20(23)22(25)21(24)14-19/h2,5,13-14,16-18H,1,3-4,6-12H2. The van der Waals surface area contributed by atoms with Crippen LogP contribution in [-0.4, -0.2) is 0 Å². The Bertz CT molecular complexity index is 616. The highest BCUT2D eigenvalue weighted by molar-refractivity contribution is 5.23. The molecule has 25 heavy (non-hydrogen) atoms. The van der Waals surface area contributed by atoms with Crippen molar-refractivity contribution in [3.05, 3.63) is 59.5 Å². The molecule has 0 aromatic heterocycles. The number of hydrogen-bond donors (Lipinski definition) is 0. The summed E-state index contributed by atoms with van der Waals surface area (Å²) in [4.78, 5) is 0. The molecule has 1 saturated carbocycles. The molecule has 1 unspecified atom stereocenters. The fourth-order valence-corrected chi connectivity index (χ4v) is 4.59. The van der Waals surface area contributed by atoms with Gasteiger partial charge in [-0.15, -0.1) is 6.58 Å². The highest BCUT2D eigenvalue weighted by atomic mass is 19.2. The molecule has 0 aliphatic heterocycles. The van der Waals surface area contributed by atoms with Crippen molar-refractivity contribution in [1.82, 2.24) is 0 Å². The largest absolute Gasteiger partial charge is 0.204 e. The maximum Gasteiger partial charge on any atom is 0.194 e. The SMILES string of the molecule is C=CCCC1=CCC(C2CCC(c3cc(F)c(F)c(F)c3)CC2)CC1. The third kappa shape index (κ3) is 4.37. The Hall–Kier alpha value is -1.51. The lowest BCUT2D eigenvalue weighted by Gasteiger charge is -2.35. The first-order valence-electron chi connectivity index (χ1n) is 9.51. The Morgan fingerprint density at radius 1 is 0.960 bits per heavy atom. The van der Waals surface area contributed by atoms with Crippen LogP contribution in [0.5, 0.6) is 0 Å². The van der Waals surface area contributed by atoms with Crippen molar-refractivity contribution in [1.29, 1.82) is 0 Å². The van der Waals surface area contributed by atoms with Crippen LogP contribution in [-0.2, 0) is 0 Å². The van der Waals surface area contributed by atoms with E-state index in [-0.39, 0.29) is 5.92 Å². The van der Waals surface area contributed by atoms with Gasteiger partial charge in [0, 0.05) is 0 Å². The summed E-state index contributed by atoms with van der Waals surface area (Å²) >= 11 is 0. The first kappa shape index (κ1) is 18.3. The molecule has 0 amide bonds. The molecule has 2 aliphatic carbocycles. The molecule has 1 fully saturated rings. The number of allylic oxidation sites excluding steroid dienone is 3. The maximum absolute atomic E-state index is 13.5. The highest BCUT2D eigenvalue weighted by Crippen LogP contribution is 2.43. The van der Waals surface area contributed by atoms with Crippen LogP contribution in [0.3, 0.4) is 0 Å². The average molecular weight is 348 g/mol. The summed E-state index contributed by atoms with van der Waals surface area (Å²) in [6.45, 7) is 3.79. The Balaban J connectivity index is 1.54. The molecule has 2 aliphatic rings. The number of rotatable bonds is 5. The molecule has 0 heterocycles. The van der Waals surface area contributed by atoms with E-state index in [2.05, 4.69) is 12.7 Å². The van der Waals surface area contributed by atoms with Gasteiger partial charge in [-0.25, -0.2) is 13.2 Å². The van der Waals surface area contributed by atoms with E-state index in [9.17, 15) is 13.2 Å². The maximum atomic E-state index is 13.5. The van der Waals surface area contributed by atoms with Gasteiger partial charge in [-0.1, -0.05) is 17.7 Å². The summed E-state index contributed by atoms with van der Waals surface area (Å²) in [5, 5.41) is 0. The van der Waals surface area contributed by atoms with Gasteiger partial charge < -0.3 is 0 Å². The zero-order valence-electron chi connectivity index (χ0n) is 14.7. The third-order valence-corrected chi connectivity index (χ3v) is 6.13. The third-order valence-electron chi connectivity index (χ3n) is 6.13. The lowest BCUT2D eigenvalue weighted by atomic mass is 9.70. The smallest absolute Gasteiger partial charge is 0.194 e. The van der Waals surface area contributed by atoms with Gasteiger partial charge >= 0.3 is 0 Å². The predicted molar refractivity (Wildman–Crippen MR) is 95.9 cm³/mol. The average Bonchev–Trinajstić information content (AvgIpc) is 2.64. The monoisotopic (exact) mass is 348 g/mol. The van der Waals surface area contributed by atoms with Crippen LogP contribution in [0.4, 0.5) is 13.2 Å². The lowest BCUT2D eigenvalue weighted by Crippen LogP contribution is -2.22. The highest BCUT2D eigenvalue weighted by Gasteiger charge is 2.29. The van der Waals surface area contributed by atoms with Gasteiger partial charge in [0.15, 0.2) is 17.5 Å². The Kier molecular flexibility index (Phi) is 6.03. The van der Waals surface area contributed by atoms with Gasteiger partial charge in [-0.3, -0.25) is 0 Å². The Morgan fingerprint density at radius 3 is 2.20 bits per heavy atom. The van der Waals surface area contributed by atoms with Crippen LogP contribution >= 0.6 is 0 Å². The minimum atomic E-state index is -1.36. The molecular weight excluding hydrogens is 321 g/mol. The summed E-state index contributed by atoms with van der Waals surface area (Å²) in [6.07, 6.45) is 14.3. The van der Waals surface area contributed by atoms with Gasteiger partial charge in [-0.2, -0.15) is 0 Å². The summed E-state index contributed by atoms with van der Waals surface area (Å²) in [5.41, 5.74) is 2.19. The number of halogens is 3. The van der Waals surface area contributed by atoms with Gasteiger partial charge in [0.25, 0.3) is 0 Å². The van der Waals surface area contributed by atoms with Crippen molar-refractivity contribution in [3.63, 3.8) is 0 Å². The second kappa shape index (κ2) is 8.25. The van der Waals surface area contributed by atoms with Crippen LogP contribution in [0, 0.1) is 29.3 Å². The minimum absolute atomic E-state index is 0.156. The molecule has 3 rings (SSSR count). The quantitative estimate of drug-likeness (QED) is 0.394. The van der Waals surface area contributed by atoms with Gasteiger partial charge in [0.2, 0.25) is 0 Å². The van der Waals surface area contributed by atoms with Crippen molar-refractivity contribution in [2.75, 3.05) is 0 Å². The molecule has 0 nitrogen and oxygen atoms in total.